The average Bonchev–Trinajstić information content (AvgIpc) is 2.90. The van der Waals surface area contributed by atoms with Crippen molar-refractivity contribution in [1.82, 2.24) is 19.8 Å². The number of aliphatic carboxylic acids is 1. The van der Waals surface area contributed by atoms with Gasteiger partial charge >= 0.3 is 5.97 Å². The minimum absolute atomic E-state index is 0.445. The Balaban J connectivity index is 1.67. The molecule has 1 N–H and O–H groups in total. The lowest BCUT2D eigenvalue weighted by atomic mass is 9.90. The van der Waals surface area contributed by atoms with Crippen LogP contribution in [0.5, 0.6) is 0 Å². The van der Waals surface area contributed by atoms with E-state index >= 15 is 0 Å². The summed E-state index contributed by atoms with van der Waals surface area (Å²) in [7, 11) is 0. The number of hydrogen-bond acceptors (Lipinski definition) is 5. The number of hydrogen-bond donors (Lipinski definition) is 1. The van der Waals surface area contributed by atoms with Gasteiger partial charge in [0.2, 0.25) is 0 Å². The SMILES string of the molecule is CC1CC1c1nnc2ccc(N3CCC(C)(C(=O)O)C3)nn12. The monoisotopic (exact) mass is 301 g/mol. The zero-order chi connectivity index (χ0) is 15.5. The maximum Gasteiger partial charge on any atom is 0.311 e. The maximum absolute atomic E-state index is 11.4. The molecule has 0 aromatic carbocycles. The van der Waals surface area contributed by atoms with Crippen LogP contribution >= 0.6 is 0 Å². The summed E-state index contributed by atoms with van der Waals surface area (Å²) in [6.07, 6.45) is 1.77. The summed E-state index contributed by atoms with van der Waals surface area (Å²) < 4.78 is 1.82. The summed E-state index contributed by atoms with van der Waals surface area (Å²) in [5.41, 5.74) is 0.0514. The molecule has 3 heterocycles. The minimum atomic E-state index is -0.743. The fraction of sp³-hybridized carbons (Fsp3) is 0.600. The van der Waals surface area contributed by atoms with Gasteiger partial charge in [-0.05, 0) is 37.8 Å². The Kier molecular flexibility index (Phi) is 2.70. The lowest BCUT2D eigenvalue weighted by Gasteiger charge is -2.20. The Morgan fingerprint density at radius 1 is 1.41 bits per heavy atom. The summed E-state index contributed by atoms with van der Waals surface area (Å²) in [5.74, 6) is 2.06. The van der Waals surface area contributed by atoms with Gasteiger partial charge in [-0.2, -0.15) is 4.52 Å². The van der Waals surface area contributed by atoms with Crippen LogP contribution in [0, 0.1) is 11.3 Å². The van der Waals surface area contributed by atoms with Gasteiger partial charge < -0.3 is 10.0 Å². The lowest BCUT2D eigenvalue weighted by Crippen LogP contribution is -2.32. The van der Waals surface area contributed by atoms with Crippen molar-refractivity contribution >= 4 is 17.4 Å². The molecular weight excluding hydrogens is 282 g/mol. The fourth-order valence-electron chi connectivity index (χ4n) is 3.21. The van der Waals surface area contributed by atoms with E-state index in [0.717, 1.165) is 23.7 Å². The van der Waals surface area contributed by atoms with Crippen LogP contribution in [0.1, 0.15) is 38.4 Å². The van der Waals surface area contributed by atoms with Crippen molar-refractivity contribution in [3.63, 3.8) is 0 Å². The van der Waals surface area contributed by atoms with Crippen molar-refractivity contribution in [2.24, 2.45) is 11.3 Å². The highest BCUT2D eigenvalue weighted by atomic mass is 16.4. The van der Waals surface area contributed by atoms with Crippen LogP contribution in [-0.2, 0) is 4.79 Å². The number of aromatic nitrogens is 4. The van der Waals surface area contributed by atoms with Crippen LogP contribution < -0.4 is 4.90 Å². The molecule has 0 amide bonds. The Morgan fingerprint density at radius 3 is 2.82 bits per heavy atom. The number of carboxylic acid groups (broad SMARTS) is 1. The van der Waals surface area contributed by atoms with Crippen LogP contribution in [0.15, 0.2) is 12.1 Å². The van der Waals surface area contributed by atoms with Crippen molar-refractivity contribution < 1.29 is 9.90 Å². The number of fused-ring (bicyclic) bond motifs is 1. The van der Waals surface area contributed by atoms with E-state index in [9.17, 15) is 9.90 Å². The van der Waals surface area contributed by atoms with E-state index in [-0.39, 0.29) is 0 Å². The molecule has 2 aliphatic rings. The average molecular weight is 301 g/mol. The molecule has 0 bridgehead atoms. The van der Waals surface area contributed by atoms with Gasteiger partial charge in [0.25, 0.3) is 0 Å². The molecular formula is C15H19N5O2. The molecule has 3 atom stereocenters. The highest BCUT2D eigenvalue weighted by molar-refractivity contribution is 5.76. The van der Waals surface area contributed by atoms with E-state index in [2.05, 4.69) is 22.2 Å². The number of nitrogens with zero attached hydrogens (tertiary/aromatic N) is 5. The van der Waals surface area contributed by atoms with Crippen molar-refractivity contribution in [3.05, 3.63) is 18.0 Å². The van der Waals surface area contributed by atoms with Crippen molar-refractivity contribution in [3.8, 4) is 0 Å². The Bertz CT molecular complexity index is 757. The zero-order valence-corrected chi connectivity index (χ0v) is 12.7. The van der Waals surface area contributed by atoms with E-state index in [0.29, 0.717) is 31.3 Å². The Hall–Kier alpha value is -2.18. The summed E-state index contributed by atoms with van der Waals surface area (Å²) in [5, 5.41) is 22.5. The Morgan fingerprint density at radius 2 is 2.18 bits per heavy atom. The van der Waals surface area contributed by atoms with Crippen LogP contribution in [-0.4, -0.2) is 44.0 Å². The van der Waals surface area contributed by atoms with Crippen LogP contribution in [0.4, 0.5) is 5.82 Å². The number of anilines is 1. The molecule has 1 aliphatic carbocycles. The first-order chi connectivity index (χ1) is 10.5. The molecule has 3 unspecified atom stereocenters. The standard InChI is InChI=1S/C15H19N5O2/c1-9-7-10(9)13-17-16-11-3-4-12(18-20(11)13)19-6-5-15(2,8-19)14(21)22/h3-4,9-10H,5-8H2,1-2H3,(H,21,22). The normalized spacial score (nSPS) is 30.9. The molecule has 2 aromatic rings. The van der Waals surface area contributed by atoms with Gasteiger partial charge in [-0.3, -0.25) is 4.79 Å². The smallest absolute Gasteiger partial charge is 0.311 e. The van der Waals surface area contributed by atoms with E-state index in [1.807, 2.05) is 21.5 Å². The highest BCUT2D eigenvalue weighted by Crippen LogP contribution is 2.46. The van der Waals surface area contributed by atoms with Crippen molar-refractivity contribution in [2.75, 3.05) is 18.0 Å². The zero-order valence-electron chi connectivity index (χ0n) is 12.7. The molecule has 1 aliphatic heterocycles. The van der Waals surface area contributed by atoms with Crippen LogP contribution in [0.2, 0.25) is 0 Å². The lowest BCUT2D eigenvalue weighted by molar-refractivity contribution is -0.146. The first-order valence-corrected chi connectivity index (χ1v) is 7.69. The van der Waals surface area contributed by atoms with Crippen LogP contribution in [0.25, 0.3) is 5.65 Å². The number of carboxylic acids is 1. The largest absolute Gasteiger partial charge is 0.481 e. The summed E-state index contributed by atoms with van der Waals surface area (Å²) >= 11 is 0. The van der Waals surface area contributed by atoms with E-state index < -0.39 is 11.4 Å². The van der Waals surface area contributed by atoms with Gasteiger partial charge in [-0.15, -0.1) is 15.3 Å². The van der Waals surface area contributed by atoms with Gasteiger partial charge in [-0.25, -0.2) is 0 Å². The molecule has 7 nitrogen and oxygen atoms in total. The topological polar surface area (TPSA) is 83.6 Å². The molecule has 116 valence electrons. The predicted octanol–water partition coefficient (Wildman–Crippen LogP) is 1.55. The van der Waals surface area contributed by atoms with Crippen LogP contribution in [0.3, 0.4) is 0 Å². The second kappa shape index (κ2) is 4.41. The van der Waals surface area contributed by atoms with Gasteiger partial charge in [0.05, 0.1) is 5.41 Å². The van der Waals surface area contributed by atoms with Gasteiger partial charge in [0.15, 0.2) is 11.5 Å². The third kappa shape index (κ3) is 1.95. The molecule has 1 saturated carbocycles. The molecule has 0 radical (unpaired) electrons. The highest BCUT2D eigenvalue weighted by Gasteiger charge is 2.41. The third-order valence-corrected chi connectivity index (χ3v) is 5.03. The molecule has 4 rings (SSSR count). The third-order valence-electron chi connectivity index (χ3n) is 5.03. The van der Waals surface area contributed by atoms with Crippen molar-refractivity contribution in [2.45, 2.75) is 32.6 Å². The van der Waals surface area contributed by atoms with Gasteiger partial charge in [-0.1, -0.05) is 6.92 Å². The molecule has 2 aromatic heterocycles. The molecule has 1 saturated heterocycles. The summed E-state index contributed by atoms with van der Waals surface area (Å²) in [4.78, 5) is 13.4. The molecule has 2 fully saturated rings. The second-order valence-corrected chi connectivity index (χ2v) is 6.88. The quantitative estimate of drug-likeness (QED) is 0.926. The fourth-order valence-corrected chi connectivity index (χ4v) is 3.21. The van der Waals surface area contributed by atoms with E-state index in [1.54, 1.807) is 6.92 Å². The first-order valence-electron chi connectivity index (χ1n) is 7.69. The summed E-state index contributed by atoms with van der Waals surface area (Å²) in [6, 6.07) is 3.81. The molecule has 0 spiro atoms. The predicted molar refractivity (Wildman–Crippen MR) is 79.9 cm³/mol. The van der Waals surface area contributed by atoms with Crippen molar-refractivity contribution in [1.29, 1.82) is 0 Å². The second-order valence-electron chi connectivity index (χ2n) is 6.88. The van der Waals surface area contributed by atoms with Gasteiger partial charge in [0.1, 0.15) is 5.82 Å². The molecule has 22 heavy (non-hydrogen) atoms. The molecule has 7 heteroatoms. The first kappa shape index (κ1) is 13.5. The van der Waals surface area contributed by atoms with Gasteiger partial charge in [0, 0.05) is 19.0 Å². The minimum Gasteiger partial charge on any atom is -0.481 e. The Labute approximate surface area is 127 Å². The van der Waals surface area contributed by atoms with E-state index in [1.165, 1.54) is 0 Å². The maximum atomic E-state index is 11.4. The number of rotatable bonds is 3. The number of carbonyl (C=O) groups is 1. The summed E-state index contributed by atoms with van der Waals surface area (Å²) in [6.45, 7) is 5.19. The van der Waals surface area contributed by atoms with E-state index in [4.69, 9.17) is 0 Å².